The number of carboxylic acid groups (broad SMARTS) is 1. The van der Waals surface area contributed by atoms with Crippen LogP contribution in [-0.2, 0) is 16.0 Å². The summed E-state index contributed by atoms with van der Waals surface area (Å²) in [6.07, 6.45) is -0.441. The van der Waals surface area contributed by atoms with Crippen molar-refractivity contribution in [2.45, 2.75) is 59.1 Å². The molecule has 0 saturated heterocycles. The molecule has 1 aromatic rings. The molecule has 1 aromatic carbocycles. The standard InChI is InChI=1S/C21H32Cl2N2O4/c1-14-6-7-18(25(10-8-22)11-9-23)15(2)17(14)12-16(13-19(26)27)24-20(28)29-21(3,4)5/h6-7,16H,8-13H2,1-5H3,(H,24,28)(H,26,27)/t16-/m0/s1. The maximum Gasteiger partial charge on any atom is 0.407 e. The fourth-order valence-corrected chi connectivity index (χ4v) is 3.61. The zero-order valence-corrected chi connectivity index (χ0v) is 19.4. The molecular weight excluding hydrogens is 415 g/mol. The zero-order chi connectivity index (χ0) is 22.2. The molecule has 1 amide bonds. The SMILES string of the molecule is Cc1ccc(N(CCCl)CCCl)c(C)c1C[C@@H](CC(=O)O)NC(=O)OC(C)(C)C. The van der Waals surface area contributed by atoms with Gasteiger partial charge in [-0.25, -0.2) is 4.79 Å². The minimum Gasteiger partial charge on any atom is -0.481 e. The first-order chi connectivity index (χ1) is 13.5. The molecule has 0 aliphatic rings. The molecule has 8 heteroatoms. The van der Waals surface area contributed by atoms with Gasteiger partial charge in [0.2, 0.25) is 0 Å². The van der Waals surface area contributed by atoms with Crippen LogP contribution in [0.5, 0.6) is 0 Å². The van der Waals surface area contributed by atoms with Gasteiger partial charge in [0.05, 0.1) is 6.42 Å². The number of carbonyl (C=O) groups excluding carboxylic acids is 1. The summed E-state index contributed by atoms with van der Waals surface area (Å²) >= 11 is 11.9. The van der Waals surface area contributed by atoms with Crippen molar-refractivity contribution in [3.8, 4) is 0 Å². The molecule has 164 valence electrons. The van der Waals surface area contributed by atoms with Crippen LogP contribution in [0.1, 0.15) is 43.9 Å². The molecule has 0 fully saturated rings. The van der Waals surface area contributed by atoms with E-state index < -0.39 is 23.7 Å². The van der Waals surface area contributed by atoms with Crippen molar-refractivity contribution >= 4 is 41.0 Å². The number of nitrogens with one attached hydrogen (secondary N) is 1. The Morgan fingerprint density at radius 2 is 1.76 bits per heavy atom. The van der Waals surface area contributed by atoms with Gasteiger partial charge in [-0.05, 0) is 63.8 Å². The Balaban J connectivity index is 3.15. The molecule has 0 saturated carbocycles. The number of benzene rings is 1. The number of carbonyl (C=O) groups is 2. The summed E-state index contributed by atoms with van der Waals surface area (Å²) in [5.41, 5.74) is 3.41. The largest absolute Gasteiger partial charge is 0.481 e. The second-order valence-corrected chi connectivity index (χ2v) is 8.77. The highest BCUT2D eigenvalue weighted by molar-refractivity contribution is 6.18. The van der Waals surface area contributed by atoms with E-state index in [2.05, 4.69) is 10.2 Å². The summed E-state index contributed by atoms with van der Waals surface area (Å²) in [6, 6.07) is 3.43. The maximum atomic E-state index is 12.2. The summed E-state index contributed by atoms with van der Waals surface area (Å²) in [7, 11) is 0. The Hall–Kier alpha value is -1.66. The lowest BCUT2D eigenvalue weighted by atomic mass is 9.93. The molecule has 0 unspecified atom stereocenters. The predicted molar refractivity (Wildman–Crippen MR) is 119 cm³/mol. The first-order valence-electron chi connectivity index (χ1n) is 9.65. The highest BCUT2D eigenvalue weighted by Crippen LogP contribution is 2.27. The van der Waals surface area contributed by atoms with Gasteiger partial charge in [-0.2, -0.15) is 0 Å². The van der Waals surface area contributed by atoms with E-state index in [4.69, 9.17) is 27.9 Å². The van der Waals surface area contributed by atoms with E-state index in [-0.39, 0.29) is 6.42 Å². The van der Waals surface area contributed by atoms with Gasteiger partial charge in [-0.1, -0.05) is 6.07 Å². The van der Waals surface area contributed by atoms with Crippen LogP contribution in [0.15, 0.2) is 12.1 Å². The van der Waals surface area contributed by atoms with Crippen LogP contribution in [0.4, 0.5) is 10.5 Å². The molecular formula is C21H32Cl2N2O4. The van der Waals surface area contributed by atoms with Crippen LogP contribution in [-0.4, -0.2) is 53.7 Å². The lowest BCUT2D eigenvalue weighted by Gasteiger charge is -2.28. The van der Waals surface area contributed by atoms with Gasteiger partial charge in [0.25, 0.3) is 0 Å². The van der Waals surface area contributed by atoms with Gasteiger partial charge in [0.15, 0.2) is 0 Å². The summed E-state index contributed by atoms with van der Waals surface area (Å²) in [6.45, 7) is 10.6. The van der Waals surface area contributed by atoms with E-state index in [1.54, 1.807) is 20.8 Å². The second kappa shape index (κ2) is 11.5. The number of aliphatic carboxylic acids is 1. The minimum absolute atomic E-state index is 0.199. The molecule has 0 heterocycles. The Bertz CT molecular complexity index is 699. The zero-order valence-electron chi connectivity index (χ0n) is 17.8. The number of alkyl halides is 2. The molecule has 0 spiro atoms. The summed E-state index contributed by atoms with van der Waals surface area (Å²) in [4.78, 5) is 25.7. The average Bonchev–Trinajstić information content (AvgIpc) is 2.56. The molecule has 2 N–H and O–H groups in total. The van der Waals surface area contributed by atoms with Gasteiger partial charge in [-0.15, -0.1) is 23.2 Å². The quantitative estimate of drug-likeness (QED) is 0.517. The van der Waals surface area contributed by atoms with Gasteiger partial charge >= 0.3 is 12.1 Å². The fourth-order valence-electron chi connectivity index (χ4n) is 3.20. The van der Waals surface area contributed by atoms with Gasteiger partial charge in [-0.3, -0.25) is 4.79 Å². The van der Waals surface area contributed by atoms with Gasteiger partial charge in [0.1, 0.15) is 5.60 Å². The molecule has 29 heavy (non-hydrogen) atoms. The highest BCUT2D eigenvalue weighted by Gasteiger charge is 2.23. The van der Waals surface area contributed by atoms with E-state index in [9.17, 15) is 14.7 Å². The van der Waals surface area contributed by atoms with Crippen molar-refractivity contribution in [3.05, 3.63) is 28.8 Å². The van der Waals surface area contributed by atoms with Crippen molar-refractivity contribution in [1.82, 2.24) is 5.32 Å². The van der Waals surface area contributed by atoms with Crippen molar-refractivity contribution in [3.63, 3.8) is 0 Å². The molecule has 0 aromatic heterocycles. The van der Waals surface area contributed by atoms with Crippen LogP contribution in [0, 0.1) is 13.8 Å². The summed E-state index contributed by atoms with van der Waals surface area (Å²) in [5, 5.41) is 12.0. The number of alkyl carbamates (subject to hydrolysis) is 1. The lowest BCUT2D eigenvalue weighted by molar-refractivity contribution is -0.137. The number of aryl methyl sites for hydroxylation is 1. The molecule has 0 aliphatic carbocycles. The van der Waals surface area contributed by atoms with Crippen LogP contribution in [0.3, 0.4) is 0 Å². The number of ether oxygens (including phenoxy) is 1. The molecule has 6 nitrogen and oxygen atoms in total. The molecule has 1 atom stereocenters. The number of hydrogen-bond donors (Lipinski definition) is 2. The Morgan fingerprint density at radius 1 is 1.17 bits per heavy atom. The number of hydrogen-bond acceptors (Lipinski definition) is 4. The fraction of sp³-hybridized carbons (Fsp3) is 0.619. The van der Waals surface area contributed by atoms with E-state index in [1.165, 1.54) is 0 Å². The van der Waals surface area contributed by atoms with Crippen molar-refractivity contribution in [2.24, 2.45) is 0 Å². The number of nitrogens with zero attached hydrogens (tertiary/aromatic N) is 1. The maximum absolute atomic E-state index is 12.2. The van der Waals surface area contributed by atoms with E-state index >= 15 is 0 Å². The number of rotatable bonds is 10. The second-order valence-electron chi connectivity index (χ2n) is 8.02. The lowest BCUT2D eigenvalue weighted by Crippen LogP contribution is -2.41. The molecule has 1 rings (SSSR count). The normalized spacial score (nSPS) is 12.4. The average molecular weight is 447 g/mol. The topological polar surface area (TPSA) is 78.9 Å². The number of anilines is 1. The smallest absolute Gasteiger partial charge is 0.407 e. The minimum atomic E-state index is -0.983. The summed E-state index contributed by atoms with van der Waals surface area (Å²) < 4.78 is 5.29. The third-order valence-electron chi connectivity index (χ3n) is 4.45. The predicted octanol–water partition coefficient (Wildman–Crippen LogP) is 4.50. The highest BCUT2D eigenvalue weighted by atomic mass is 35.5. The van der Waals surface area contributed by atoms with Crippen LogP contribution < -0.4 is 10.2 Å². The van der Waals surface area contributed by atoms with Crippen molar-refractivity contribution in [1.29, 1.82) is 0 Å². The third-order valence-corrected chi connectivity index (χ3v) is 4.78. The van der Waals surface area contributed by atoms with Gasteiger partial charge < -0.3 is 20.1 Å². The third kappa shape index (κ3) is 8.70. The number of halogens is 2. The molecule has 0 aliphatic heterocycles. The summed E-state index contributed by atoms with van der Waals surface area (Å²) in [5.74, 6) is -0.0358. The van der Waals surface area contributed by atoms with Crippen LogP contribution in [0.2, 0.25) is 0 Å². The van der Waals surface area contributed by atoms with Crippen LogP contribution in [0.25, 0.3) is 0 Å². The molecule has 0 bridgehead atoms. The van der Waals surface area contributed by atoms with Gasteiger partial charge in [0, 0.05) is 36.6 Å². The van der Waals surface area contributed by atoms with E-state index in [0.717, 1.165) is 22.4 Å². The van der Waals surface area contributed by atoms with Crippen molar-refractivity contribution < 1.29 is 19.4 Å². The number of carboxylic acids is 1. The van der Waals surface area contributed by atoms with Crippen molar-refractivity contribution in [2.75, 3.05) is 29.7 Å². The Morgan fingerprint density at radius 3 is 2.24 bits per heavy atom. The number of amides is 1. The first-order valence-corrected chi connectivity index (χ1v) is 10.7. The van der Waals surface area contributed by atoms with E-state index in [1.807, 2.05) is 26.0 Å². The monoisotopic (exact) mass is 446 g/mol. The Labute approximate surface area is 183 Å². The first kappa shape index (κ1) is 25.4. The van der Waals surface area contributed by atoms with E-state index in [0.29, 0.717) is 31.3 Å². The van der Waals surface area contributed by atoms with Crippen LogP contribution >= 0.6 is 23.2 Å². The molecule has 0 radical (unpaired) electrons. The Kier molecular flexibility index (Phi) is 10.1.